The van der Waals surface area contributed by atoms with E-state index in [0.29, 0.717) is 29.0 Å². The van der Waals surface area contributed by atoms with E-state index in [4.69, 9.17) is 4.74 Å². The molecule has 0 radical (unpaired) electrons. The van der Waals surface area contributed by atoms with Crippen LogP contribution in [0.15, 0.2) is 47.5 Å². The summed E-state index contributed by atoms with van der Waals surface area (Å²) in [5, 5.41) is 0. The van der Waals surface area contributed by atoms with Crippen molar-refractivity contribution in [3.8, 4) is 11.6 Å². The van der Waals surface area contributed by atoms with E-state index in [1.165, 1.54) is 0 Å². The molecule has 3 aromatic rings. The number of pyridine rings is 1. The lowest BCUT2D eigenvalue weighted by atomic mass is 10.0. The molecule has 1 aliphatic rings. The molecule has 1 aliphatic heterocycles. The molecule has 22 heavy (non-hydrogen) atoms. The molecule has 5 heteroatoms. The van der Waals surface area contributed by atoms with Gasteiger partial charge in [0.1, 0.15) is 0 Å². The molecular formula is C17H15N3O2. The summed E-state index contributed by atoms with van der Waals surface area (Å²) in [6.07, 6.45) is 4.77. The van der Waals surface area contributed by atoms with E-state index < -0.39 is 0 Å². The van der Waals surface area contributed by atoms with Crippen LogP contribution >= 0.6 is 0 Å². The average Bonchev–Trinajstić information content (AvgIpc) is 2.56. The molecule has 0 saturated heterocycles. The van der Waals surface area contributed by atoms with E-state index in [1.54, 1.807) is 12.4 Å². The highest BCUT2D eigenvalue weighted by Crippen LogP contribution is 2.30. The van der Waals surface area contributed by atoms with Crippen LogP contribution in [-0.2, 0) is 6.42 Å². The Balaban J connectivity index is 2.15. The molecule has 1 aromatic carbocycles. The van der Waals surface area contributed by atoms with Gasteiger partial charge >= 0.3 is 0 Å². The van der Waals surface area contributed by atoms with Crippen molar-refractivity contribution in [2.75, 3.05) is 0 Å². The summed E-state index contributed by atoms with van der Waals surface area (Å²) >= 11 is 0. The summed E-state index contributed by atoms with van der Waals surface area (Å²) in [4.78, 5) is 21.3. The van der Waals surface area contributed by atoms with Crippen molar-refractivity contribution in [2.45, 2.75) is 25.9 Å². The zero-order valence-electron chi connectivity index (χ0n) is 12.2. The molecule has 0 N–H and O–H groups in total. The van der Waals surface area contributed by atoms with Gasteiger partial charge in [-0.05, 0) is 31.9 Å². The third kappa shape index (κ3) is 1.89. The Bertz CT molecular complexity index is 903. The van der Waals surface area contributed by atoms with E-state index in [9.17, 15) is 4.79 Å². The highest BCUT2D eigenvalue weighted by Gasteiger charge is 2.26. The molecule has 0 aliphatic carbocycles. The zero-order valence-corrected chi connectivity index (χ0v) is 12.2. The van der Waals surface area contributed by atoms with Gasteiger partial charge in [-0.15, -0.1) is 0 Å². The summed E-state index contributed by atoms with van der Waals surface area (Å²) in [7, 11) is 0. The van der Waals surface area contributed by atoms with E-state index in [2.05, 4.69) is 9.97 Å². The van der Waals surface area contributed by atoms with E-state index in [-0.39, 0.29) is 11.5 Å². The van der Waals surface area contributed by atoms with E-state index in [1.807, 2.05) is 41.8 Å². The molecule has 0 saturated carbocycles. The van der Waals surface area contributed by atoms with Crippen molar-refractivity contribution >= 4 is 11.2 Å². The minimum Gasteiger partial charge on any atom is -0.475 e. The molecule has 0 fully saturated rings. The maximum atomic E-state index is 12.7. The smallest absolute Gasteiger partial charge is 0.216 e. The first kappa shape index (κ1) is 13.0. The van der Waals surface area contributed by atoms with Crippen molar-refractivity contribution in [1.29, 1.82) is 0 Å². The summed E-state index contributed by atoms with van der Waals surface area (Å²) in [6, 6.07) is 9.81. The lowest BCUT2D eigenvalue weighted by Crippen LogP contribution is -2.28. The second kappa shape index (κ2) is 4.94. The fraction of sp³-hybridized carbons (Fsp3) is 0.235. The van der Waals surface area contributed by atoms with Crippen LogP contribution in [0.3, 0.4) is 0 Å². The molecule has 1 unspecified atom stereocenters. The van der Waals surface area contributed by atoms with Crippen molar-refractivity contribution in [3.63, 3.8) is 0 Å². The second-order valence-electron chi connectivity index (χ2n) is 5.48. The third-order valence-corrected chi connectivity index (χ3v) is 3.97. The van der Waals surface area contributed by atoms with E-state index in [0.717, 1.165) is 12.1 Å². The lowest BCUT2D eigenvalue weighted by molar-refractivity contribution is 0.179. The number of nitrogens with zero attached hydrogens (tertiary/aromatic N) is 3. The first-order valence-corrected chi connectivity index (χ1v) is 7.36. The van der Waals surface area contributed by atoms with Crippen LogP contribution < -0.4 is 10.2 Å². The zero-order chi connectivity index (χ0) is 15.1. The average molecular weight is 293 g/mol. The maximum absolute atomic E-state index is 12.7. The minimum atomic E-state index is -0.0721. The van der Waals surface area contributed by atoms with Crippen LogP contribution in [0.1, 0.15) is 18.9 Å². The Morgan fingerprint density at radius 2 is 1.95 bits per heavy atom. The highest BCUT2D eigenvalue weighted by atomic mass is 16.5. The summed E-state index contributed by atoms with van der Waals surface area (Å²) in [5.41, 5.74) is 2.46. The molecular weight excluding hydrogens is 278 g/mol. The van der Waals surface area contributed by atoms with Crippen molar-refractivity contribution in [1.82, 2.24) is 14.5 Å². The SMILES string of the molecule is CC1CCc2c(n(-c3ccccc3)c3nccnc3c2=O)O1. The van der Waals surface area contributed by atoms with Crippen LogP contribution in [0.2, 0.25) is 0 Å². The molecule has 0 amide bonds. The van der Waals surface area contributed by atoms with Gasteiger partial charge in [0, 0.05) is 12.4 Å². The van der Waals surface area contributed by atoms with Crippen LogP contribution in [0.25, 0.3) is 16.9 Å². The number of hydrogen-bond donors (Lipinski definition) is 0. The number of para-hydroxylation sites is 1. The molecule has 110 valence electrons. The van der Waals surface area contributed by atoms with Crippen LogP contribution in [-0.4, -0.2) is 20.6 Å². The van der Waals surface area contributed by atoms with Crippen molar-refractivity contribution < 1.29 is 4.74 Å². The van der Waals surface area contributed by atoms with Gasteiger partial charge in [0.05, 0.1) is 17.4 Å². The van der Waals surface area contributed by atoms with Crippen molar-refractivity contribution in [2.24, 2.45) is 0 Å². The first-order valence-electron chi connectivity index (χ1n) is 7.36. The van der Waals surface area contributed by atoms with Gasteiger partial charge in [-0.1, -0.05) is 18.2 Å². The number of benzene rings is 1. The van der Waals surface area contributed by atoms with Gasteiger partial charge in [0.15, 0.2) is 11.2 Å². The Labute approximate surface area is 127 Å². The molecule has 3 heterocycles. The predicted octanol–water partition coefficient (Wildman–Crippen LogP) is 2.49. The largest absolute Gasteiger partial charge is 0.475 e. The van der Waals surface area contributed by atoms with Crippen LogP contribution in [0.5, 0.6) is 5.88 Å². The molecule has 0 spiro atoms. The quantitative estimate of drug-likeness (QED) is 0.691. The van der Waals surface area contributed by atoms with Crippen LogP contribution in [0, 0.1) is 0 Å². The van der Waals surface area contributed by atoms with Gasteiger partial charge in [-0.3, -0.25) is 9.36 Å². The summed E-state index contributed by atoms with van der Waals surface area (Å²) < 4.78 is 7.90. The number of ether oxygens (including phenoxy) is 1. The Hall–Kier alpha value is -2.69. The molecule has 5 nitrogen and oxygen atoms in total. The van der Waals surface area contributed by atoms with Gasteiger partial charge < -0.3 is 4.74 Å². The Morgan fingerprint density at radius 1 is 1.18 bits per heavy atom. The third-order valence-electron chi connectivity index (χ3n) is 3.97. The second-order valence-corrected chi connectivity index (χ2v) is 5.48. The lowest BCUT2D eigenvalue weighted by Gasteiger charge is -2.26. The molecule has 2 aromatic heterocycles. The first-order chi connectivity index (χ1) is 10.8. The summed E-state index contributed by atoms with van der Waals surface area (Å²) in [5.74, 6) is 0.600. The number of hydrogen-bond acceptors (Lipinski definition) is 4. The fourth-order valence-corrected chi connectivity index (χ4v) is 2.88. The molecule has 4 rings (SSSR count). The van der Waals surface area contributed by atoms with Gasteiger partial charge in [-0.25, -0.2) is 9.97 Å². The normalized spacial score (nSPS) is 17.0. The minimum absolute atomic E-state index is 0.0721. The number of aromatic nitrogens is 3. The summed E-state index contributed by atoms with van der Waals surface area (Å²) in [6.45, 7) is 2.02. The van der Waals surface area contributed by atoms with Gasteiger partial charge in [0.25, 0.3) is 0 Å². The maximum Gasteiger partial charge on any atom is 0.216 e. The van der Waals surface area contributed by atoms with Crippen LogP contribution in [0.4, 0.5) is 0 Å². The molecule has 1 atom stereocenters. The Morgan fingerprint density at radius 3 is 2.77 bits per heavy atom. The van der Waals surface area contributed by atoms with Crippen molar-refractivity contribution in [3.05, 3.63) is 58.5 Å². The highest BCUT2D eigenvalue weighted by molar-refractivity contribution is 5.75. The number of rotatable bonds is 1. The predicted molar refractivity (Wildman–Crippen MR) is 83.5 cm³/mol. The monoisotopic (exact) mass is 293 g/mol. The molecule has 0 bridgehead atoms. The fourth-order valence-electron chi connectivity index (χ4n) is 2.88. The standard InChI is InChI=1S/C17H15N3O2/c1-11-7-8-13-15(21)14-16(19-10-9-18-14)20(17(13)22-11)12-5-3-2-4-6-12/h2-6,9-11H,7-8H2,1H3. The topological polar surface area (TPSA) is 57.0 Å². The van der Waals surface area contributed by atoms with E-state index >= 15 is 0 Å². The van der Waals surface area contributed by atoms with Gasteiger partial charge in [0.2, 0.25) is 11.3 Å². The van der Waals surface area contributed by atoms with Gasteiger partial charge in [-0.2, -0.15) is 0 Å². The Kier molecular flexibility index (Phi) is 2.92. The number of fused-ring (bicyclic) bond motifs is 2.